The van der Waals surface area contributed by atoms with Gasteiger partial charge in [-0.1, -0.05) is 32.0 Å². The Balaban J connectivity index is 2.84. The Morgan fingerprint density at radius 2 is 1.75 bits per heavy atom. The van der Waals surface area contributed by atoms with Crippen molar-refractivity contribution < 1.29 is 0 Å². The molecular formula is C10H23NSi. The predicted molar refractivity (Wildman–Crippen MR) is 58.2 cm³/mol. The maximum absolute atomic E-state index is 2.55. The predicted octanol–water partition coefficient (Wildman–Crippen LogP) is 2.74. The molecule has 2 heteroatoms. The van der Waals surface area contributed by atoms with E-state index < -0.39 is 8.07 Å². The van der Waals surface area contributed by atoms with E-state index in [1.807, 2.05) is 0 Å². The summed E-state index contributed by atoms with van der Waals surface area (Å²) in [7, 11) is 3.52. The molecule has 1 aliphatic heterocycles. The highest BCUT2D eigenvalue weighted by molar-refractivity contribution is 6.80. The van der Waals surface area contributed by atoms with Gasteiger partial charge < -0.3 is 4.90 Å². The lowest BCUT2D eigenvalue weighted by Crippen LogP contribution is -2.62. The van der Waals surface area contributed by atoms with Crippen LogP contribution in [-0.2, 0) is 0 Å². The van der Waals surface area contributed by atoms with Crippen LogP contribution in [-0.4, -0.2) is 32.2 Å². The Labute approximate surface area is 78.2 Å². The van der Waals surface area contributed by atoms with Crippen molar-refractivity contribution >= 4 is 8.07 Å². The monoisotopic (exact) mass is 185 g/mol. The van der Waals surface area contributed by atoms with E-state index in [2.05, 4.69) is 39.0 Å². The van der Waals surface area contributed by atoms with E-state index in [0.717, 1.165) is 0 Å². The maximum atomic E-state index is 2.55. The summed E-state index contributed by atoms with van der Waals surface area (Å²) >= 11 is 0. The fraction of sp³-hybridized carbons (Fsp3) is 1.00. The van der Waals surface area contributed by atoms with Gasteiger partial charge in [-0.25, -0.2) is 0 Å². The summed E-state index contributed by atoms with van der Waals surface area (Å²) < 4.78 is 0. The molecule has 0 saturated carbocycles. The molecule has 0 radical (unpaired) electrons. The summed E-state index contributed by atoms with van der Waals surface area (Å²) in [5.41, 5.74) is 0. The third-order valence-corrected chi connectivity index (χ3v) is 9.38. The van der Waals surface area contributed by atoms with Crippen molar-refractivity contribution in [2.24, 2.45) is 0 Å². The molecule has 1 nitrogen and oxygen atoms in total. The first-order valence-corrected chi connectivity index (χ1v) is 8.28. The molecule has 1 heterocycles. The minimum Gasteiger partial charge on any atom is -0.307 e. The quantitative estimate of drug-likeness (QED) is 0.568. The van der Waals surface area contributed by atoms with Crippen LogP contribution in [0.1, 0.15) is 26.2 Å². The maximum Gasteiger partial charge on any atom is 0.0704 e. The van der Waals surface area contributed by atoms with Crippen LogP contribution in [0.3, 0.4) is 0 Å². The molecule has 0 aliphatic carbocycles. The summed E-state index contributed by atoms with van der Waals surface area (Å²) in [4.78, 5) is 2.47. The van der Waals surface area contributed by atoms with Gasteiger partial charge in [0.2, 0.25) is 0 Å². The van der Waals surface area contributed by atoms with Crippen LogP contribution in [0.25, 0.3) is 0 Å². The van der Waals surface area contributed by atoms with E-state index >= 15 is 0 Å². The third kappa shape index (κ3) is 1.47. The topological polar surface area (TPSA) is 3.24 Å². The van der Waals surface area contributed by atoms with E-state index in [1.165, 1.54) is 25.3 Å². The highest BCUT2D eigenvalue weighted by atomic mass is 28.3. The molecular weight excluding hydrogens is 162 g/mol. The standard InChI is InChI=1S/C10H23NSi/c1-10(11(2)3)8-6-7-9-12(10,4)5/h6-9H2,1-5H3. The minimum absolute atomic E-state index is 0.547. The van der Waals surface area contributed by atoms with Crippen molar-refractivity contribution in [1.82, 2.24) is 4.90 Å². The van der Waals surface area contributed by atoms with Crippen molar-refractivity contribution in [1.29, 1.82) is 0 Å². The van der Waals surface area contributed by atoms with Gasteiger partial charge in [0.1, 0.15) is 0 Å². The van der Waals surface area contributed by atoms with Crippen LogP contribution in [0, 0.1) is 0 Å². The molecule has 72 valence electrons. The molecule has 0 aromatic carbocycles. The average molecular weight is 185 g/mol. The Morgan fingerprint density at radius 1 is 1.17 bits per heavy atom. The van der Waals surface area contributed by atoms with E-state index in [4.69, 9.17) is 0 Å². The van der Waals surface area contributed by atoms with E-state index in [1.54, 1.807) is 0 Å². The second-order valence-electron chi connectivity index (χ2n) is 5.26. The summed E-state index contributed by atoms with van der Waals surface area (Å²) in [5.74, 6) is 0. The second-order valence-corrected chi connectivity index (χ2v) is 10.6. The van der Waals surface area contributed by atoms with Crippen LogP contribution >= 0.6 is 0 Å². The average Bonchev–Trinajstić information content (AvgIpc) is 1.95. The smallest absolute Gasteiger partial charge is 0.0704 e. The molecule has 1 saturated heterocycles. The molecule has 0 amide bonds. The molecule has 0 spiro atoms. The highest BCUT2D eigenvalue weighted by Crippen LogP contribution is 2.38. The van der Waals surface area contributed by atoms with Gasteiger partial charge in [0.05, 0.1) is 8.07 Å². The largest absolute Gasteiger partial charge is 0.307 e. The summed E-state index contributed by atoms with van der Waals surface area (Å²) in [6.07, 6.45) is 4.33. The first-order chi connectivity index (χ1) is 5.40. The van der Waals surface area contributed by atoms with Gasteiger partial charge in [0, 0.05) is 5.16 Å². The van der Waals surface area contributed by atoms with Crippen LogP contribution in [0.5, 0.6) is 0 Å². The molecule has 1 aliphatic rings. The Hall–Kier alpha value is 0.177. The van der Waals surface area contributed by atoms with Crippen molar-refractivity contribution in [3.05, 3.63) is 0 Å². The molecule has 12 heavy (non-hydrogen) atoms. The first kappa shape index (κ1) is 10.3. The first-order valence-electron chi connectivity index (χ1n) is 5.08. The van der Waals surface area contributed by atoms with Gasteiger partial charge in [0.25, 0.3) is 0 Å². The van der Waals surface area contributed by atoms with Crippen LogP contribution in [0.2, 0.25) is 19.1 Å². The SMILES string of the molecule is CN(C)C1(C)CCCC[Si]1(C)C. The van der Waals surface area contributed by atoms with Crippen molar-refractivity contribution in [3.8, 4) is 0 Å². The minimum atomic E-state index is -0.981. The number of hydrogen-bond acceptors (Lipinski definition) is 1. The van der Waals surface area contributed by atoms with Gasteiger partial charge in [-0.15, -0.1) is 0 Å². The molecule has 0 N–H and O–H groups in total. The summed E-state index contributed by atoms with van der Waals surface area (Å²) in [6.45, 7) is 7.57. The Morgan fingerprint density at radius 3 is 2.08 bits per heavy atom. The Kier molecular flexibility index (Phi) is 2.69. The number of hydrogen-bond donors (Lipinski definition) is 0. The fourth-order valence-electron chi connectivity index (χ4n) is 2.47. The molecule has 0 aromatic heterocycles. The van der Waals surface area contributed by atoms with Gasteiger partial charge in [0.15, 0.2) is 0 Å². The highest BCUT2D eigenvalue weighted by Gasteiger charge is 2.45. The van der Waals surface area contributed by atoms with Gasteiger partial charge in [-0.3, -0.25) is 0 Å². The zero-order chi connectivity index (χ0) is 9.41. The second kappa shape index (κ2) is 3.15. The van der Waals surface area contributed by atoms with Crippen LogP contribution < -0.4 is 0 Å². The Bertz CT molecular complexity index is 165. The van der Waals surface area contributed by atoms with Gasteiger partial charge >= 0.3 is 0 Å². The van der Waals surface area contributed by atoms with Gasteiger partial charge in [-0.05, 0) is 27.4 Å². The van der Waals surface area contributed by atoms with E-state index in [0.29, 0.717) is 5.16 Å². The van der Waals surface area contributed by atoms with E-state index in [-0.39, 0.29) is 0 Å². The zero-order valence-corrected chi connectivity index (χ0v) is 10.3. The summed E-state index contributed by atoms with van der Waals surface area (Å²) in [6, 6.07) is 1.52. The van der Waals surface area contributed by atoms with Crippen molar-refractivity contribution in [3.63, 3.8) is 0 Å². The molecule has 1 atom stereocenters. The lowest BCUT2D eigenvalue weighted by atomic mass is 10.1. The zero-order valence-electron chi connectivity index (χ0n) is 9.28. The number of nitrogens with zero attached hydrogens (tertiary/aromatic N) is 1. The van der Waals surface area contributed by atoms with Gasteiger partial charge in [-0.2, -0.15) is 0 Å². The molecule has 1 unspecified atom stereocenters. The molecule has 0 bridgehead atoms. The molecule has 1 fully saturated rings. The lowest BCUT2D eigenvalue weighted by molar-refractivity contribution is 0.224. The molecule has 1 rings (SSSR count). The fourth-order valence-corrected chi connectivity index (χ4v) is 6.21. The lowest BCUT2D eigenvalue weighted by Gasteiger charge is -2.51. The van der Waals surface area contributed by atoms with E-state index in [9.17, 15) is 0 Å². The number of rotatable bonds is 1. The van der Waals surface area contributed by atoms with Crippen molar-refractivity contribution in [2.45, 2.75) is 50.5 Å². The third-order valence-electron chi connectivity index (χ3n) is 4.16. The van der Waals surface area contributed by atoms with Crippen molar-refractivity contribution in [2.75, 3.05) is 14.1 Å². The van der Waals surface area contributed by atoms with Crippen LogP contribution in [0.4, 0.5) is 0 Å². The van der Waals surface area contributed by atoms with Crippen LogP contribution in [0.15, 0.2) is 0 Å². The normalized spacial score (nSPS) is 35.5. The summed E-state index contributed by atoms with van der Waals surface area (Å²) in [5, 5.41) is 0.547. The molecule has 0 aromatic rings.